The van der Waals surface area contributed by atoms with Crippen LogP contribution in [0.2, 0.25) is 0 Å². The zero-order valence-electron chi connectivity index (χ0n) is 14.8. The van der Waals surface area contributed by atoms with Crippen LogP contribution in [0.3, 0.4) is 0 Å². The average molecular weight is 330 g/mol. The summed E-state index contributed by atoms with van der Waals surface area (Å²) < 4.78 is 0. The van der Waals surface area contributed by atoms with E-state index in [-0.39, 0.29) is 0 Å². The Morgan fingerprint density at radius 2 is 1.83 bits per heavy atom. The summed E-state index contributed by atoms with van der Waals surface area (Å²) in [5.74, 6) is 3.81. The molecule has 2 heterocycles. The third kappa shape index (κ3) is 3.41. The molecule has 4 rings (SSSR count). The molecule has 0 aromatic carbocycles. The number of aromatic nitrogens is 2. The van der Waals surface area contributed by atoms with Gasteiger partial charge in [0.1, 0.15) is 11.6 Å². The summed E-state index contributed by atoms with van der Waals surface area (Å²) in [5, 5.41) is 3.55. The van der Waals surface area contributed by atoms with Gasteiger partial charge in [0.2, 0.25) is 0 Å². The molecule has 1 aliphatic heterocycles. The first-order chi connectivity index (χ1) is 11.6. The number of hydrogen-bond acceptors (Lipinski definition) is 6. The van der Waals surface area contributed by atoms with Crippen LogP contribution in [-0.2, 0) is 0 Å². The van der Waals surface area contributed by atoms with Crippen LogP contribution < -0.4 is 21.9 Å². The molecule has 1 aromatic heterocycles. The van der Waals surface area contributed by atoms with Gasteiger partial charge >= 0.3 is 0 Å². The standard InChI is InChI=1S/C18H30N6/c1-10-15(11(2)24-23-10)5-6-20-17-9-16(13-7-14(19)8-13)21-18(22-17)12-3-4-12/h9-15,23-24H,3-8,19H2,1-2H3,(H,20,21,22). The molecule has 1 aromatic rings. The van der Waals surface area contributed by atoms with E-state index in [1.807, 2.05) is 0 Å². The minimum Gasteiger partial charge on any atom is -0.370 e. The molecule has 132 valence electrons. The van der Waals surface area contributed by atoms with Crippen molar-refractivity contribution in [3.05, 3.63) is 17.6 Å². The fourth-order valence-electron chi connectivity index (χ4n) is 3.99. The van der Waals surface area contributed by atoms with Crippen LogP contribution in [0, 0.1) is 5.92 Å². The van der Waals surface area contributed by atoms with Gasteiger partial charge in [-0.3, -0.25) is 10.9 Å². The number of hydrogen-bond donors (Lipinski definition) is 4. The third-order valence-electron chi connectivity index (χ3n) is 5.91. The number of nitrogens with zero attached hydrogens (tertiary/aromatic N) is 2. The van der Waals surface area contributed by atoms with Crippen LogP contribution in [0.4, 0.5) is 5.82 Å². The summed E-state index contributed by atoms with van der Waals surface area (Å²) in [6.45, 7) is 5.44. The molecule has 0 amide bonds. The predicted molar refractivity (Wildman–Crippen MR) is 95.7 cm³/mol. The predicted octanol–water partition coefficient (Wildman–Crippen LogP) is 1.86. The van der Waals surface area contributed by atoms with Crippen molar-refractivity contribution in [2.24, 2.45) is 11.7 Å². The maximum atomic E-state index is 5.96. The number of nitrogens with one attached hydrogen (secondary N) is 3. The van der Waals surface area contributed by atoms with E-state index in [1.54, 1.807) is 0 Å². The second-order valence-corrected chi connectivity index (χ2v) is 7.98. The highest BCUT2D eigenvalue weighted by atomic mass is 15.4. The molecule has 6 nitrogen and oxygen atoms in total. The molecular formula is C18H30N6. The molecule has 0 spiro atoms. The van der Waals surface area contributed by atoms with E-state index in [0.29, 0.717) is 35.9 Å². The highest BCUT2D eigenvalue weighted by Gasteiger charge is 2.32. The zero-order valence-corrected chi connectivity index (χ0v) is 14.8. The van der Waals surface area contributed by atoms with Crippen LogP contribution >= 0.6 is 0 Å². The molecular weight excluding hydrogens is 300 g/mol. The molecule has 24 heavy (non-hydrogen) atoms. The second-order valence-electron chi connectivity index (χ2n) is 7.98. The normalized spacial score (nSPS) is 35.7. The van der Waals surface area contributed by atoms with E-state index < -0.39 is 0 Å². The Bertz CT molecular complexity index is 571. The van der Waals surface area contributed by atoms with E-state index in [1.165, 1.54) is 18.5 Å². The van der Waals surface area contributed by atoms with Gasteiger partial charge in [0.25, 0.3) is 0 Å². The minimum atomic E-state index is 0.357. The largest absolute Gasteiger partial charge is 0.370 e. The van der Waals surface area contributed by atoms with Crippen LogP contribution in [0.25, 0.3) is 0 Å². The first-order valence-electron chi connectivity index (χ1n) is 9.49. The maximum Gasteiger partial charge on any atom is 0.134 e. The topological polar surface area (TPSA) is 87.9 Å². The minimum absolute atomic E-state index is 0.357. The van der Waals surface area contributed by atoms with Gasteiger partial charge in [-0.1, -0.05) is 0 Å². The molecule has 6 heteroatoms. The van der Waals surface area contributed by atoms with Crippen molar-refractivity contribution in [3.63, 3.8) is 0 Å². The van der Waals surface area contributed by atoms with Crippen molar-refractivity contribution in [1.82, 2.24) is 20.8 Å². The maximum absolute atomic E-state index is 5.96. The molecule has 2 aliphatic carbocycles. The van der Waals surface area contributed by atoms with Gasteiger partial charge in [-0.2, -0.15) is 0 Å². The van der Waals surface area contributed by atoms with Gasteiger partial charge in [-0.05, 0) is 51.9 Å². The number of hydrazine groups is 1. The molecule has 2 atom stereocenters. The molecule has 5 N–H and O–H groups in total. The zero-order chi connectivity index (χ0) is 16.7. The Balaban J connectivity index is 1.40. The smallest absolute Gasteiger partial charge is 0.134 e. The van der Waals surface area contributed by atoms with Crippen LogP contribution in [0.1, 0.15) is 69.3 Å². The van der Waals surface area contributed by atoms with Crippen LogP contribution in [0.15, 0.2) is 6.07 Å². The fourth-order valence-corrected chi connectivity index (χ4v) is 3.99. The Kier molecular flexibility index (Phi) is 4.45. The first kappa shape index (κ1) is 16.2. The van der Waals surface area contributed by atoms with Crippen LogP contribution in [0.5, 0.6) is 0 Å². The van der Waals surface area contributed by atoms with E-state index in [0.717, 1.165) is 37.4 Å². The first-order valence-corrected chi connectivity index (χ1v) is 9.49. The van der Waals surface area contributed by atoms with Gasteiger partial charge < -0.3 is 11.1 Å². The van der Waals surface area contributed by atoms with Crippen molar-refractivity contribution >= 4 is 5.82 Å². The van der Waals surface area contributed by atoms with Gasteiger partial charge in [0, 0.05) is 48.3 Å². The molecule has 3 aliphatic rings. The quantitative estimate of drug-likeness (QED) is 0.637. The number of rotatable bonds is 6. The van der Waals surface area contributed by atoms with Crippen LogP contribution in [-0.4, -0.2) is 34.6 Å². The van der Waals surface area contributed by atoms with E-state index in [4.69, 9.17) is 15.7 Å². The Hall–Kier alpha value is -1.24. The lowest BCUT2D eigenvalue weighted by molar-refractivity contribution is 0.344. The number of nitrogens with two attached hydrogens (primary N) is 1. The van der Waals surface area contributed by atoms with Crippen molar-refractivity contribution < 1.29 is 0 Å². The summed E-state index contributed by atoms with van der Waals surface area (Å²) in [6.07, 6.45) is 5.74. The molecule has 0 bridgehead atoms. The Morgan fingerprint density at radius 3 is 2.46 bits per heavy atom. The SMILES string of the molecule is CC1NNC(C)C1CCNc1cc(C2CC(N)C2)nc(C2CC2)n1. The van der Waals surface area contributed by atoms with Crippen molar-refractivity contribution in [2.75, 3.05) is 11.9 Å². The average Bonchev–Trinajstić information content (AvgIpc) is 3.33. The highest BCUT2D eigenvalue weighted by molar-refractivity contribution is 5.38. The molecule has 2 saturated carbocycles. The highest BCUT2D eigenvalue weighted by Crippen LogP contribution is 2.41. The van der Waals surface area contributed by atoms with E-state index in [2.05, 4.69) is 36.1 Å². The monoisotopic (exact) mass is 330 g/mol. The summed E-state index contributed by atoms with van der Waals surface area (Å²) in [4.78, 5) is 9.61. The lowest BCUT2D eigenvalue weighted by Gasteiger charge is -2.32. The van der Waals surface area contributed by atoms with Crippen molar-refractivity contribution in [2.45, 2.75) is 75.9 Å². The summed E-state index contributed by atoms with van der Waals surface area (Å²) in [5.41, 5.74) is 13.8. The van der Waals surface area contributed by atoms with E-state index in [9.17, 15) is 0 Å². The van der Waals surface area contributed by atoms with E-state index >= 15 is 0 Å². The fraction of sp³-hybridized carbons (Fsp3) is 0.778. The summed E-state index contributed by atoms with van der Waals surface area (Å²) in [7, 11) is 0. The van der Waals surface area contributed by atoms with Gasteiger partial charge in [-0.25, -0.2) is 9.97 Å². The second kappa shape index (κ2) is 6.58. The Morgan fingerprint density at radius 1 is 1.12 bits per heavy atom. The Labute approximate surface area is 144 Å². The lowest BCUT2D eigenvalue weighted by Crippen LogP contribution is -2.35. The van der Waals surface area contributed by atoms with Crippen molar-refractivity contribution in [1.29, 1.82) is 0 Å². The molecule has 3 fully saturated rings. The van der Waals surface area contributed by atoms with Gasteiger partial charge in [0.15, 0.2) is 0 Å². The molecule has 2 unspecified atom stereocenters. The van der Waals surface area contributed by atoms with Gasteiger partial charge in [0.05, 0.1) is 0 Å². The summed E-state index contributed by atoms with van der Waals surface area (Å²) >= 11 is 0. The number of anilines is 1. The van der Waals surface area contributed by atoms with Gasteiger partial charge in [-0.15, -0.1) is 0 Å². The lowest BCUT2D eigenvalue weighted by atomic mass is 9.78. The molecule has 0 radical (unpaired) electrons. The third-order valence-corrected chi connectivity index (χ3v) is 5.91. The van der Waals surface area contributed by atoms with Crippen molar-refractivity contribution in [3.8, 4) is 0 Å². The molecule has 1 saturated heterocycles. The summed E-state index contributed by atoms with van der Waals surface area (Å²) in [6, 6.07) is 3.54.